The van der Waals surface area contributed by atoms with Gasteiger partial charge in [-0.3, -0.25) is 4.79 Å². The van der Waals surface area contributed by atoms with Gasteiger partial charge in [0.1, 0.15) is 0 Å². The van der Waals surface area contributed by atoms with E-state index in [1.54, 1.807) is 0 Å². The van der Waals surface area contributed by atoms with Crippen LogP contribution in [0.4, 0.5) is 0 Å². The van der Waals surface area contributed by atoms with E-state index in [-0.39, 0.29) is 23.9 Å². The van der Waals surface area contributed by atoms with Crippen molar-refractivity contribution >= 4 is 15.9 Å². The fourth-order valence-corrected chi connectivity index (χ4v) is 4.82. The Labute approximate surface area is 174 Å². The van der Waals surface area contributed by atoms with Crippen LogP contribution in [-0.4, -0.2) is 44.1 Å². The van der Waals surface area contributed by atoms with E-state index in [2.05, 4.69) is 29.0 Å². The molecule has 1 heterocycles. The summed E-state index contributed by atoms with van der Waals surface area (Å²) in [6.07, 6.45) is 3.21. The van der Waals surface area contributed by atoms with E-state index in [0.29, 0.717) is 19.4 Å². The van der Waals surface area contributed by atoms with Gasteiger partial charge in [-0.2, -0.15) is 0 Å². The number of nitrogens with one attached hydrogen (secondary N) is 1. The SMILES string of the molecule is CC[C@H](C)C(=O)N1CC[C@@H](NS(C)(=O)=O)[C@H]1Cc1cccc(-c2ccccc2)c1. The second kappa shape index (κ2) is 9.09. The van der Waals surface area contributed by atoms with Gasteiger partial charge < -0.3 is 4.90 Å². The molecule has 3 atom stereocenters. The molecular formula is C23H30N2O3S. The molecule has 1 N–H and O–H groups in total. The van der Waals surface area contributed by atoms with Gasteiger partial charge >= 0.3 is 0 Å². The largest absolute Gasteiger partial charge is 0.337 e. The monoisotopic (exact) mass is 414 g/mol. The number of likely N-dealkylation sites (tertiary alicyclic amines) is 1. The third-order valence-electron chi connectivity index (χ3n) is 5.71. The molecule has 5 nitrogen and oxygen atoms in total. The van der Waals surface area contributed by atoms with E-state index < -0.39 is 10.0 Å². The van der Waals surface area contributed by atoms with Crippen LogP contribution < -0.4 is 4.72 Å². The Morgan fingerprint density at radius 1 is 1.14 bits per heavy atom. The van der Waals surface area contributed by atoms with E-state index in [1.165, 1.54) is 6.26 Å². The molecule has 0 saturated carbocycles. The van der Waals surface area contributed by atoms with Gasteiger partial charge in [-0.05, 0) is 36.0 Å². The minimum absolute atomic E-state index is 0.0647. The van der Waals surface area contributed by atoms with E-state index in [4.69, 9.17) is 0 Å². The van der Waals surface area contributed by atoms with Crippen molar-refractivity contribution in [2.75, 3.05) is 12.8 Å². The van der Waals surface area contributed by atoms with Gasteiger partial charge in [-0.15, -0.1) is 0 Å². The lowest BCUT2D eigenvalue weighted by Gasteiger charge is -2.30. The predicted molar refractivity (Wildman–Crippen MR) is 117 cm³/mol. The summed E-state index contributed by atoms with van der Waals surface area (Å²) in [4.78, 5) is 14.8. The molecule has 6 heteroatoms. The molecule has 1 amide bonds. The van der Waals surface area contributed by atoms with Gasteiger partial charge in [0.05, 0.1) is 12.3 Å². The molecule has 0 unspecified atom stereocenters. The van der Waals surface area contributed by atoms with E-state index in [0.717, 1.165) is 23.1 Å². The van der Waals surface area contributed by atoms with Gasteiger partial charge in [-0.25, -0.2) is 13.1 Å². The normalized spacial score (nSPS) is 20.6. The molecule has 0 spiro atoms. The zero-order valence-corrected chi connectivity index (χ0v) is 18.2. The molecule has 0 aliphatic carbocycles. The Kier molecular flexibility index (Phi) is 6.75. The summed E-state index contributed by atoms with van der Waals surface area (Å²) in [6.45, 7) is 4.52. The van der Waals surface area contributed by atoms with Crippen LogP contribution in [0.15, 0.2) is 54.6 Å². The summed E-state index contributed by atoms with van der Waals surface area (Å²) in [6, 6.07) is 18.0. The lowest BCUT2D eigenvalue weighted by Crippen LogP contribution is -2.48. The molecule has 2 aromatic carbocycles. The van der Waals surface area contributed by atoms with Crippen molar-refractivity contribution in [2.45, 2.75) is 45.2 Å². The van der Waals surface area contributed by atoms with Crippen molar-refractivity contribution < 1.29 is 13.2 Å². The van der Waals surface area contributed by atoms with Gasteiger partial charge in [-0.1, -0.05) is 68.4 Å². The molecule has 1 aliphatic heterocycles. The van der Waals surface area contributed by atoms with E-state index in [9.17, 15) is 13.2 Å². The average Bonchev–Trinajstić information content (AvgIpc) is 3.08. The Balaban J connectivity index is 1.88. The van der Waals surface area contributed by atoms with Crippen molar-refractivity contribution in [3.8, 4) is 11.1 Å². The quantitative estimate of drug-likeness (QED) is 0.754. The van der Waals surface area contributed by atoms with E-state index in [1.807, 2.05) is 49.1 Å². The highest BCUT2D eigenvalue weighted by Crippen LogP contribution is 2.27. The van der Waals surface area contributed by atoms with Crippen molar-refractivity contribution in [3.63, 3.8) is 0 Å². The average molecular weight is 415 g/mol. The summed E-state index contributed by atoms with van der Waals surface area (Å²) in [5.74, 6) is 0.0413. The standard InChI is InChI=1S/C23H30N2O3S/c1-4-17(2)23(26)25-14-13-21(24-29(3,27)28)22(25)16-18-9-8-12-20(15-18)19-10-6-5-7-11-19/h5-12,15,17,21-22,24H,4,13-14,16H2,1-3H3/t17-,21+,22+/m0/s1. The van der Waals surface area contributed by atoms with Crippen LogP contribution >= 0.6 is 0 Å². The highest BCUT2D eigenvalue weighted by atomic mass is 32.2. The number of amides is 1. The zero-order valence-electron chi connectivity index (χ0n) is 17.3. The highest BCUT2D eigenvalue weighted by Gasteiger charge is 2.39. The fraction of sp³-hybridized carbons (Fsp3) is 0.435. The number of hydrogen-bond acceptors (Lipinski definition) is 3. The Hall–Kier alpha value is -2.18. The zero-order chi connectivity index (χ0) is 21.0. The summed E-state index contributed by atoms with van der Waals surface area (Å²) >= 11 is 0. The second-order valence-corrected chi connectivity index (χ2v) is 9.74. The van der Waals surface area contributed by atoms with Crippen molar-refractivity contribution in [1.82, 2.24) is 9.62 Å². The minimum Gasteiger partial charge on any atom is -0.337 e. The molecule has 1 aliphatic rings. The molecular weight excluding hydrogens is 384 g/mol. The number of rotatable bonds is 7. The van der Waals surface area contributed by atoms with Gasteiger partial charge in [0.15, 0.2) is 0 Å². The molecule has 2 aromatic rings. The summed E-state index contributed by atoms with van der Waals surface area (Å²) in [5.41, 5.74) is 3.35. The first-order chi connectivity index (χ1) is 13.8. The molecule has 0 bridgehead atoms. The van der Waals surface area contributed by atoms with Crippen LogP contribution in [0, 0.1) is 5.92 Å². The third-order valence-corrected chi connectivity index (χ3v) is 6.44. The van der Waals surface area contributed by atoms with Crippen LogP contribution in [0.5, 0.6) is 0 Å². The molecule has 1 saturated heterocycles. The molecule has 156 valence electrons. The van der Waals surface area contributed by atoms with Crippen LogP contribution in [-0.2, 0) is 21.2 Å². The molecule has 29 heavy (non-hydrogen) atoms. The van der Waals surface area contributed by atoms with Gasteiger partial charge in [0.25, 0.3) is 0 Å². The maximum absolute atomic E-state index is 12.9. The van der Waals surface area contributed by atoms with Gasteiger partial charge in [0.2, 0.25) is 15.9 Å². The number of benzene rings is 2. The fourth-order valence-electron chi connectivity index (χ4n) is 4.00. The second-order valence-electron chi connectivity index (χ2n) is 7.96. The lowest BCUT2D eigenvalue weighted by molar-refractivity contribution is -0.136. The number of sulfonamides is 1. The highest BCUT2D eigenvalue weighted by molar-refractivity contribution is 7.88. The van der Waals surface area contributed by atoms with Gasteiger partial charge in [0, 0.05) is 18.5 Å². The van der Waals surface area contributed by atoms with E-state index >= 15 is 0 Å². The Morgan fingerprint density at radius 3 is 2.48 bits per heavy atom. The first kappa shape index (κ1) is 21.5. The lowest BCUT2D eigenvalue weighted by atomic mass is 9.96. The molecule has 0 radical (unpaired) electrons. The Morgan fingerprint density at radius 2 is 1.83 bits per heavy atom. The minimum atomic E-state index is -3.35. The van der Waals surface area contributed by atoms with Crippen molar-refractivity contribution in [2.24, 2.45) is 5.92 Å². The molecule has 3 rings (SSSR count). The third kappa shape index (κ3) is 5.46. The van der Waals surface area contributed by atoms with Crippen LogP contribution in [0.3, 0.4) is 0 Å². The maximum Gasteiger partial charge on any atom is 0.225 e. The van der Waals surface area contributed by atoms with Crippen molar-refractivity contribution in [3.05, 3.63) is 60.2 Å². The number of nitrogens with zero attached hydrogens (tertiary/aromatic N) is 1. The molecule has 1 fully saturated rings. The van der Waals surface area contributed by atoms with Crippen molar-refractivity contribution in [1.29, 1.82) is 0 Å². The topological polar surface area (TPSA) is 66.5 Å². The first-order valence-electron chi connectivity index (χ1n) is 10.2. The number of carbonyl (C=O) groups excluding carboxylic acids is 1. The summed E-state index contributed by atoms with van der Waals surface area (Å²) < 4.78 is 26.5. The summed E-state index contributed by atoms with van der Waals surface area (Å²) in [7, 11) is -3.35. The number of carbonyl (C=O) groups is 1. The van der Waals surface area contributed by atoms with Crippen LogP contribution in [0.25, 0.3) is 11.1 Å². The first-order valence-corrected chi connectivity index (χ1v) is 12.1. The van der Waals surface area contributed by atoms with Crippen LogP contribution in [0.2, 0.25) is 0 Å². The summed E-state index contributed by atoms with van der Waals surface area (Å²) in [5, 5.41) is 0. The smallest absolute Gasteiger partial charge is 0.225 e. The number of hydrogen-bond donors (Lipinski definition) is 1. The predicted octanol–water partition coefficient (Wildman–Crippen LogP) is 3.46. The maximum atomic E-state index is 12.9. The molecule has 0 aromatic heterocycles. The van der Waals surface area contributed by atoms with Crippen LogP contribution in [0.1, 0.15) is 32.3 Å². The Bertz CT molecular complexity index is 944.